The molecule has 2 aromatic rings. The Morgan fingerprint density at radius 1 is 1.04 bits per heavy atom. The van der Waals surface area contributed by atoms with Gasteiger partial charge in [0.05, 0.1) is 11.6 Å². The predicted octanol–water partition coefficient (Wildman–Crippen LogP) is 6.44. The van der Waals surface area contributed by atoms with Crippen LogP contribution in [-0.4, -0.2) is 9.97 Å². The SMILES string of the molecule is CC.CC.CC/C=C\c1cc(C#N)ccc1C.Cc1ccnc(C)n1. The quantitative estimate of drug-likeness (QED) is 0.633. The van der Waals surface area contributed by atoms with Gasteiger partial charge in [-0.05, 0) is 56.5 Å². The zero-order valence-corrected chi connectivity index (χ0v) is 17.1. The molecule has 0 aliphatic carbocycles. The normalized spacial score (nSPS) is 8.76. The third-order valence-electron chi connectivity index (χ3n) is 2.86. The van der Waals surface area contributed by atoms with Crippen LogP contribution in [0.4, 0.5) is 0 Å². The molecule has 0 aliphatic rings. The fourth-order valence-corrected chi connectivity index (χ4v) is 1.71. The Morgan fingerprint density at radius 3 is 2.12 bits per heavy atom. The van der Waals surface area contributed by atoms with Crippen molar-refractivity contribution in [1.82, 2.24) is 9.97 Å². The Balaban J connectivity index is 0. The van der Waals surface area contributed by atoms with Gasteiger partial charge < -0.3 is 0 Å². The van der Waals surface area contributed by atoms with Crippen LogP contribution < -0.4 is 0 Å². The summed E-state index contributed by atoms with van der Waals surface area (Å²) in [6.07, 6.45) is 6.95. The molecule has 0 unspecified atom stereocenters. The van der Waals surface area contributed by atoms with Crippen molar-refractivity contribution in [2.45, 2.75) is 61.8 Å². The Morgan fingerprint density at radius 2 is 1.68 bits per heavy atom. The monoisotopic (exact) mass is 339 g/mol. The minimum atomic E-state index is 0.723. The molecule has 0 radical (unpaired) electrons. The second kappa shape index (κ2) is 16.4. The third-order valence-corrected chi connectivity index (χ3v) is 2.86. The van der Waals surface area contributed by atoms with Crippen LogP contribution in [0.3, 0.4) is 0 Å². The number of aromatic nitrogens is 2. The molecule has 1 heterocycles. The molecule has 1 aromatic heterocycles. The maximum atomic E-state index is 8.70. The summed E-state index contributed by atoms with van der Waals surface area (Å²) in [4.78, 5) is 7.99. The molecule has 0 fully saturated rings. The number of nitriles is 1. The summed E-state index contributed by atoms with van der Waals surface area (Å²) in [5, 5.41) is 8.70. The maximum Gasteiger partial charge on any atom is 0.125 e. The molecule has 0 saturated carbocycles. The van der Waals surface area contributed by atoms with Crippen molar-refractivity contribution in [3.8, 4) is 6.07 Å². The van der Waals surface area contributed by atoms with E-state index >= 15 is 0 Å². The molecular formula is C22H33N3. The molecule has 2 rings (SSSR count). The highest BCUT2D eigenvalue weighted by molar-refractivity contribution is 5.56. The Hall–Kier alpha value is -2.47. The first kappa shape index (κ1) is 24.8. The van der Waals surface area contributed by atoms with Gasteiger partial charge in [-0.1, -0.05) is 52.8 Å². The minimum Gasteiger partial charge on any atom is -0.242 e. The summed E-state index contributed by atoms with van der Waals surface area (Å²) >= 11 is 0. The van der Waals surface area contributed by atoms with Crippen molar-refractivity contribution in [3.63, 3.8) is 0 Å². The zero-order valence-electron chi connectivity index (χ0n) is 17.1. The standard InChI is InChI=1S/C12H13N.C6H8N2.2C2H6/c1-3-4-5-12-8-11(9-13)7-6-10(12)2;1-5-3-4-7-6(2)8-5;2*1-2/h4-8H,3H2,1-2H3;3-4H,1-2H3;2*1-2H3/b5-4-;;;. The van der Waals surface area contributed by atoms with Crippen molar-refractivity contribution >= 4 is 6.08 Å². The van der Waals surface area contributed by atoms with Crippen LogP contribution >= 0.6 is 0 Å². The number of nitrogens with zero attached hydrogens (tertiary/aromatic N) is 3. The number of allylic oxidation sites excluding steroid dienone is 1. The van der Waals surface area contributed by atoms with Gasteiger partial charge in [0.2, 0.25) is 0 Å². The first-order valence-corrected chi connectivity index (χ1v) is 9.00. The second-order valence-corrected chi connectivity index (χ2v) is 4.74. The molecule has 0 N–H and O–H groups in total. The molecule has 136 valence electrons. The summed E-state index contributed by atoms with van der Waals surface area (Å²) in [5.41, 5.74) is 4.10. The van der Waals surface area contributed by atoms with Gasteiger partial charge in [-0.3, -0.25) is 0 Å². The van der Waals surface area contributed by atoms with E-state index in [1.54, 1.807) is 6.20 Å². The molecule has 0 bridgehead atoms. The molecule has 0 aliphatic heterocycles. The van der Waals surface area contributed by atoms with Gasteiger partial charge in [-0.15, -0.1) is 0 Å². The van der Waals surface area contributed by atoms with E-state index in [-0.39, 0.29) is 0 Å². The predicted molar refractivity (Wildman–Crippen MR) is 109 cm³/mol. The topological polar surface area (TPSA) is 49.6 Å². The maximum absolute atomic E-state index is 8.70. The van der Waals surface area contributed by atoms with Crippen LogP contribution in [-0.2, 0) is 0 Å². The zero-order chi connectivity index (χ0) is 19.7. The molecule has 0 atom stereocenters. The largest absolute Gasteiger partial charge is 0.242 e. The summed E-state index contributed by atoms with van der Waals surface area (Å²) in [6, 6.07) is 9.76. The van der Waals surface area contributed by atoms with Gasteiger partial charge in [0, 0.05) is 11.9 Å². The molecule has 3 nitrogen and oxygen atoms in total. The highest BCUT2D eigenvalue weighted by atomic mass is 14.9. The average Bonchev–Trinajstić information content (AvgIpc) is 2.65. The van der Waals surface area contributed by atoms with Crippen LogP contribution in [0, 0.1) is 32.1 Å². The molecule has 0 saturated heterocycles. The van der Waals surface area contributed by atoms with E-state index in [4.69, 9.17) is 5.26 Å². The lowest BCUT2D eigenvalue weighted by molar-refractivity contribution is 1.01. The van der Waals surface area contributed by atoms with E-state index in [0.29, 0.717) is 0 Å². The van der Waals surface area contributed by atoms with Crippen molar-refractivity contribution in [2.24, 2.45) is 0 Å². The summed E-state index contributed by atoms with van der Waals surface area (Å²) in [7, 11) is 0. The average molecular weight is 340 g/mol. The fraction of sp³-hybridized carbons (Fsp3) is 0.409. The van der Waals surface area contributed by atoms with Crippen molar-refractivity contribution in [1.29, 1.82) is 5.26 Å². The second-order valence-electron chi connectivity index (χ2n) is 4.74. The van der Waals surface area contributed by atoms with Crippen LogP contribution in [0.15, 0.2) is 36.5 Å². The third kappa shape index (κ3) is 11.7. The van der Waals surface area contributed by atoms with Gasteiger partial charge in [-0.25, -0.2) is 9.97 Å². The van der Waals surface area contributed by atoms with Crippen LogP contribution in [0.2, 0.25) is 0 Å². The van der Waals surface area contributed by atoms with Crippen molar-refractivity contribution in [2.75, 3.05) is 0 Å². The number of aryl methyl sites for hydroxylation is 3. The van der Waals surface area contributed by atoms with Crippen molar-refractivity contribution < 1.29 is 0 Å². The molecular weight excluding hydrogens is 306 g/mol. The lowest BCUT2D eigenvalue weighted by atomic mass is 10.1. The smallest absolute Gasteiger partial charge is 0.125 e. The van der Waals surface area contributed by atoms with E-state index < -0.39 is 0 Å². The summed E-state index contributed by atoms with van der Waals surface area (Å²) in [6.45, 7) is 16.0. The van der Waals surface area contributed by atoms with E-state index in [2.05, 4.69) is 42.0 Å². The van der Waals surface area contributed by atoms with Gasteiger partial charge in [0.1, 0.15) is 5.82 Å². The number of benzene rings is 1. The summed E-state index contributed by atoms with van der Waals surface area (Å²) in [5.74, 6) is 0.838. The number of hydrogen-bond donors (Lipinski definition) is 0. The Kier molecular flexibility index (Phi) is 16.2. The van der Waals surface area contributed by atoms with E-state index in [1.165, 1.54) is 5.56 Å². The Labute approximate surface area is 154 Å². The molecule has 3 heteroatoms. The number of hydrogen-bond acceptors (Lipinski definition) is 3. The molecule has 0 amide bonds. The summed E-state index contributed by atoms with van der Waals surface area (Å²) < 4.78 is 0. The van der Waals surface area contributed by atoms with E-state index in [0.717, 1.165) is 29.1 Å². The van der Waals surface area contributed by atoms with E-state index in [1.807, 2.05) is 65.8 Å². The van der Waals surface area contributed by atoms with Crippen LogP contribution in [0.25, 0.3) is 6.08 Å². The fourth-order valence-electron chi connectivity index (χ4n) is 1.71. The molecule has 25 heavy (non-hydrogen) atoms. The number of rotatable bonds is 2. The lowest BCUT2D eigenvalue weighted by Gasteiger charge is -1.99. The lowest BCUT2D eigenvalue weighted by Crippen LogP contribution is -1.86. The van der Waals surface area contributed by atoms with Gasteiger partial charge >= 0.3 is 0 Å². The van der Waals surface area contributed by atoms with Gasteiger partial charge in [0.15, 0.2) is 0 Å². The first-order valence-electron chi connectivity index (χ1n) is 9.00. The first-order chi connectivity index (χ1) is 12.1. The highest BCUT2D eigenvalue weighted by Crippen LogP contribution is 2.12. The molecule has 1 aromatic carbocycles. The van der Waals surface area contributed by atoms with Crippen LogP contribution in [0.1, 0.15) is 69.2 Å². The van der Waals surface area contributed by atoms with Gasteiger partial charge in [-0.2, -0.15) is 5.26 Å². The van der Waals surface area contributed by atoms with E-state index in [9.17, 15) is 0 Å². The minimum absolute atomic E-state index is 0.723. The van der Waals surface area contributed by atoms with Crippen molar-refractivity contribution in [3.05, 3.63) is 64.7 Å². The highest BCUT2D eigenvalue weighted by Gasteiger charge is 1.95. The van der Waals surface area contributed by atoms with Crippen LogP contribution in [0.5, 0.6) is 0 Å². The van der Waals surface area contributed by atoms with Gasteiger partial charge in [0.25, 0.3) is 0 Å². The molecule has 0 spiro atoms. The Bertz CT molecular complexity index is 635.